The summed E-state index contributed by atoms with van der Waals surface area (Å²) in [7, 11) is -2.87. The molecule has 0 amide bonds. The summed E-state index contributed by atoms with van der Waals surface area (Å²) in [6, 6.07) is -0.623. The van der Waals surface area contributed by atoms with Gasteiger partial charge in [-0.25, -0.2) is 4.84 Å². The molecule has 0 aromatic rings. The van der Waals surface area contributed by atoms with Crippen LogP contribution in [0.1, 0.15) is 20.3 Å². The van der Waals surface area contributed by atoms with Crippen molar-refractivity contribution in [1.82, 2.24) is 4.84 Å². The van der Waals surface area contributed by atoms with Gasteiger partial charge in [-0.15, -0.1) is 9.79 Å². The predicted molar refractivity (Wildman–Crippen MR) is 51.9 cm³/mol. The van der Waals surface area contributed by atoms with E-state index < -0.39 is 20.3 Å². The zero-order valence-electron chi connectivity index (χ0n) is 7.85. The standard InChI is InChI=1S/C6H12ClNO2.HO3P/c1-4(2)3-5(8-7)6(9)10;1-4(2)3/h4-5,8H,3H2,1-2H3,(H,9,10);(H-,1,2,3)/p+1/t5-;/m0./s1. The Morgan fingerprint density at radius 3 is 1.93 bits per heavy atom. The van der Waals surface area contributed by atoms with E-state index in [4.69, 9.17) is 31.2 Å². The lowest BCUT2D eigenvalue weighted by molar-refractivity contribution is -0.139. The normalized spacial score (nSPS) is 11.6. The Kier molecular flexibility index (Phi) is 10.7. The Hall–Kier alpha value is -0.260. The second-order valence-electron chi connectivity index (χ2n) is 2.88. The fourth-order valence-electron chi connectivity index (χ4n) is 0.663. The van der Waals surface area contributed by atoms with Crippen molar-refractivity contribution >= 4 is 26.0 Å². The first-order valence-corrected chi connectivity index (χ1v) is 5.29. The minimum atomic E-state index is -2.87. The van der Waals surface area contributed by atoms with Crippen LogP contribution in [0.3, 0.4) is 0 Å². The molecule has 0 aliphatic carbocycles. The van der Waals surface area contributed by atoms with Gasteiger partial charge in [0.25, 0.3) is 0 Å². The van der Waals surface area contributed by atoms with Crippen LogP contribution in [0, 0.1) is 5.92 Å². The van der Waals surface area contributed by atoms with Gasteiger partial charge >= 0.3 is 14.2 Å². The summed E-state index contributed by atoms with van der Waals surface area (Å²) < 4.78 is 8.70. The van der Waals surface area contributed by atoms with Crippen LogP contribution in [-0.4, -0.2) is 26.9 Å². The van der Waals surface area contributed by atoms with Gasteiger partial charge in [0.15, 0.2) is 0 Å². The van der Waals surface area contributed by atoms with E-state index in [9.17, 15) is 4.79 Å². The van der Waals surface area contributed by atoms with Crippen molar-refractivity contribution in [2.45, 2.75) is 26.3 Å². The van der Waals surface area contributed by atoms with Crippen molar-refractivity contribution in [2.75, 3.05) is 0 Å². The van der Waals surface area contributed by atoms with Gasteiger partial charge in [-0.2, -0.15) is 0 Å². The molecule has 0 bridgehead atoms. The van der Waals surface area contributed by atoms with Crippen LogP contribution in [0.5, 0.6) is 0 Å². The van der Waals surface area contributed by atoms with Gasteiger partial charge in [0.05, 0.1) is 0 Å². The van der Waals surface area contributed by atoms with E-state index in [-0.39, 0.29) is 0 Å². The van der Waals surface area contributed by atoms with Gasteiger partial charge in [0.2, 0.25) is 0 Å². The zero-order chi connectivity index (χ0) is 11.7. The summed E-state index contributed by atoms with van der Waals surface area (Å²) in [4.78, 5) is 26.8. The van der Waals surface area contributed by atoms with E-state index in [1.807, 2.05) is 13.8 Å². The molecular formula is C6H14ClNO5P+. The number of hydrogen-bond donors (Lipinski definition) is 4. The Morgan fingerprint density at radius 2 is 1.86 bits per heavy atom. The molecule has 0 heterocycles. The van der Waals surface area contributed by atoms with Crippen molar-refractivity contribution in [2.24, 2.45) is 5.92 Å². The molecular weight excluding hydrogens is 232 g/mol. The van der Waals surface area contributed by atoms with Crippen LogP contribution in [0.4, 0.5) is 0 Å². The predicted octanol–water partition coefficient (Wildman–Crippen LogP) is 0.857. The highest BCUT2D eigenvalue weighted by Crippen LogP contribution is 2.04. The fraction of sp³-hybridized carbons (Fsp3) is 0.833. The number of carboxylic acid groups (broad SMARTS) is 1. The third-order valence-electron chi connectivity index (χ3n) is 1.14. The number of carboxylic acids is 1. The number of aliphatic carboxylic acids is 1. The lowest BCUT2D eigenvalue weighted by Gasteiger charge is -2.10. The first kappa shape index (κ1) is 16.2. The largest absolute Gasteiger partial charge is 0.692 e. The van der Waals surface area contributed by atoms with Crippen LogP contribution in [0.2, 0.25) is 0 Å². The van der Waals surface area contributed by atoms with Crippen molar-refractivity contribution in [1.29, 1.82) is 0 Å². The summed E-state index contributed by atoms with van der Waals surface area (Å²) in [5, 5.41) is 8.48. The molecule has 0 saturated heterocycles. The minimum Gasteiger partial charge on any atom is -0.480 e. The summed E-state index contributed by atoms with van der Waals surface area (Å²) in [6.45, 7) is 3.90. The molecule has 0 unspecified atom stereocenters. The molecule has 0 fully saturated rings. The van der Waals surface area contributed by atoms with Crippen molar-refractivity contribution in [3.05, 3.63) is 0 Å². The maximum absolute atomic E-state index is 10.3. The van der Waals surface area contributed by atoms with Crippen LogP contribution >= 0.6 is 20.0 Å². The summed E-state index contributed by atoms with van der Waals surface area (Å²) in [5.74, 6) is -0.559. The molecule has 6 nitrogen and oxygen atoms in total. The Labute approximate surface area is 88.0 Å². The molecule has 1 atom stereocenters. The Morgan fingerprint density at radius 1 is 1.50 bits per heavy atom. The van der Waals surface area contributed by atoms with Crippen LogP contribution in [0.15, 0.2) is 0 Å². The average molecular weight is 247 g/mol. The van der Waals surface area contributed by atoms with Crippen LogP contribution in [0.25, 0.3) is 0 Å². The van der Waals surface area contributed by atoms with Crippen molar-refractivity contribution < 1.29 is 24.3 Å². The maximum Gasteiger partial charge on any atom is 0.692 e. The van der Waals surface area contributed by atoms with E-state index in [0.29, 0.717) is 12.3 Å². The Bertz CT molecular complexity index is 185. The third-order valence-corrected chi connectivity index (χ3v) is 1.40. The van der Waals surface area contributed by atoms with Crippen LogP contribution in [-0.2, 0) is 9.36 Å². The minimum absolute atomic E-state index is 0.340. The summed E-state index contributed by atoms with van der Waals surface area (Å²) in [6.07, 6.45) is 0.554. The number of rotatable bonds is 4. The van der Waals surface area contributed by atoms with Crippen molar-refractivity contribution in [3.8, 4) is 0 Å². The van der Waals surface area contributed by atoms with Crippen molar-refractivity contribution in [3.63, 3.8) is 0 Å². The molecule has 0 spiro atoms. The van der Waals surface area contributed by atoms with E-state index in [1.54, 1.807) is 0 Å². The van der Waals surface area contributed by atoms with Gasteiger partial charge in [-0.05, 0) is 24.1 Å². The van der Waals surface area contributed by atoms with Gasteiger partial charge < -0.3 is 5.11 Å². The topological polar surface area (TPSA) is 107 Å². The smallest absolute Gasteiger partial charge is 0.480 e. The zero-order valence-corrected chi connectivity index (χ0v) is 9.50. The van der Waals surface area contributed by atoms with Gasteiger partial charge in [-0.3, -0.25) is 4.79 Å². The molecule has 14 heavy (non-hydrogen) atoms. The lowest BCUT2D eigenvalue weighted by Crippen LogP contribution is -2.31. The lowest BCUT2D eigenvalue weighted by atomic mass is 10.1. The third kappa shape index (κ3) is 14.3. The molecule has 0 aromatic heterocycles. The second-order valence-corrected chi connectivity index (χ2v) is 3.61. The summed E-state index contributed by atoms with van der Waals surface area (Å²) >= 11 is 5.18. The highest BCUT2D eigenvalue weighted by Gasteiger charge is 2.16. The molecule has 0 aliphatic heterocycles. The fourth-order valence-corrected chi connectivity index (χ4v) is 0.846. The molecule has 0 aromatic carbocycles. The SMILES string of the molecule is CC(C)C[C@H](NCl)C(=O)O.O=[P+](O)O. The quantitative estimate of drug-likeness (QED) is 0.433. The highest BCUT2D eigenvalue weighted by atomic mass is 35.5. The maximum atomic E-state index is 10.3. The van der Waals surface area contributed by atoms with E-state index in [2.05, 4.69) is 4.84 Å². The molecule has 0 rings (SSSR count). The van der Waals surface area contributed by atoms with Gasteiger partial charge in [-0.1, -0.05) is 13.8 Å². The number of nitrogens with one attached hydrogen (secondary N) is 1. The van der Waals surface area contributed by atoms with E-state index in [0.717, 1.165) is 0 Å². The molecule has 0 saturated carbocycles. The monoisotopic (exact) mass is 246 g/mol. The first-order chi connectivity index (χ1) is 6.31. The molecule has 8 heteroatoms. The molecule has 84 valence electrons. The molecule has 4 N–H and O–H groups in total. The van der Waals surface area contributed by atoms with E-state index >= 15 is 0 Å². The number of halogens is 1. The molecule has 0 aliphatic rings. The molecule has 0 radical (unpaired) electrons. The van der Waals surface area contributed by atoms with Crippen LogP contribution < -0.4 is 4.84 Å². The van der Waals surface area contributed by atoms with E-state index in [1.165, 1.54) is 0 Å². The average Bonchev–Trinajstić information content (AvgIpc) is 1.98. The van der Waals surface area contributed by atoms with Gasteiger partial charge in [0.1, 0.15) is 6.04 Å². The summed E-state index contributed by atoms with van der Waals surface area (Å²) in [5.41, 5.74) is 0. The second kappa shape index (κ2) is 9.30. The number of carbonyl (C=O) groups is 1. The Balaban J connectivity index is 0. The first-order valence-electron chi connectivity index (χ1n) is 3.75. The highest BCUT2D eigenvalue weighted by molar-refractivity contribution is 7.30. The van der Waals surface area contributed by atoms with Gasteiger partial charge in [0, 0.05) is 4.57 Å². The number of hydrogen-bond acceptors (Lipinski definition) is 3.